The van der Waals surface area contributed by atoms with Gasteiger partial charge in [-0.1, -0.05) is 41.9 Å². The first-order valence-corrected chi connectivity index (χ1v) is 9.66. The highest BCUT2D eigenvalue weighted by atomic mass is 35.5. The Bertz CT molecular complexity index is 1170. The number of carbonyl (C=O) groups is 1. The summed E-state index contributed by atoms with van der Waals surface area (Å²) >= 11 is 5.99. The molecule has 0 bridgehead atoms. The Hall–Kier alpha value is -3.32. The lowest BCUT2D eigenvalue weighted by molar-refractivity contribution is 0.0786. The Morgan fingerprint density at radius 1 is 1.21 bits per heavy atom. The molecule has 0 radical (unpaired) electrons. The van der Waals surface area contributed by atoms with Gasteiger partial charge in [0.2, 0.25) is 0 Å². The quantitative estimate of drug-likeness (QED) is 0.536. The van der Waals surface area contributed by atoms with E-state index in [1.807, 2.05) is 36.4 Å². The van der Waals surface area contributed by atoms with Gasteiger partial charge < -0.3 is 19.1 Å². The summed E-state index contributed by atoms with van der Waals surface area (Å²) in [6.45, 7) is 1.14. The van der Waals surface area contributed by atoms with Crippen LogP contribution in [0.5, 0.6) is 0 Å². The van der Waals surface area contributed by atoms with Crippen molar-refractivity contribution in [3.05, 3.63) is 65.6 Å². The maximum absolute atomic E-state index is 13.0. The van der Waals surface area contributed by atoms with Crippen LogP contribution < -0.4 is 5.32 Å². The van der Waals surface area contributed by atoms with Gasteiger partial charge in [-0.3, -0.25) is 4.79 Å². The average molecular weight is 409 g/mol. The topological polar surface area (TPSA) is 84.4 Å². The minimum atomic E-state index is -0.147. The number of halogens is 1. The largest absolute Gasteiger partial charge is 0.443 e. The van der Waals surface area contributed by atoms with Gasteiger partial charge in [0.1, 0.15) is 5.52 Å². The first kappa shape index (κ1) is 17.8. The number of likely N-dealkylation sites (tertiary alicyclic amines) is 1. The Balaban J connectivity index is 1.29. The Kier molecular flexibility index (Phi) is 4.44. The number of carbonyl (C=O) groups excluding carboxylic acids is 1. The molecular formula is C21H17ClN4O3. The van der Waals surface area contributed by atoms with E-state index in [4.69, 9.17) is 20.4 Å². The van der Waals surface area contributed by atoms with Crippen LogP contribution in [0.25, 0.3) is 22.4 Å². The van der Waals surface area contributed by atoms with Crippen molar-refractivity contribution in [1.29, 1.82) is 0 Å². The third kappa shape index (κ3) is 3.45. The van der Waals surface area contributed by atoms with Gasteiger partial charge in [-0.25, -0.2) is 4.98 Å². The van der Waals surface area contributed by atoms with Gasteiger partial charge in [0.05, 0.1) is 0 Å². The van der Waals surface area contributed by atoms with Crippen LogP contribution in [0.2, 0.25) is 5.02 Å². The van der Waals surface area contributed by atoms with Crippen molar-refractivity contribution in [1.82, 2.24) is 14.9 Å². The molecule has 1 aliphatic rings. The predicted molar refractivity (Wildman–Crippen MR) is 109 cm³/mol. The summed E-state index contributed by atoms with van der Waals surface area (Å²) in [7, 11) is 0. The van der Waals surface area contributed by atoms with Crippen LogP contribution in [0.3, 0.4) is 0 Å². The number of aromatic nitrogens is 2. The molecule has 1 saturated heterocycles. The summed E-state index contributed by atoms with van der Waals surface area (Å²) in [4.78, 5) is 23.4. The molecular weight excluding hydrogens is 392 g/mol. The summed E-state index contributed by atoms with van der Waals surface area (Å²) in [5, 5.41) is 3.86. The molecule has 1 N–H and O–H groups in total. The normalized spacial score (nSPS) is 16.4. The zero-order chi connectivity index (χ0) is 19.8. The minimum absolute atomic E-state index is 0.0366. The number of nitrogens with zero attached hydrogens (tertiary/aromatic N) is 3. The summed E-state index contributed by atoms with van der Waals surface area (Å²) in [5.41, 5.74) is 2.51. The van der Waals surface area contributed by atoms with E-state index in [9.17, 15) is 4.79 Å². The molecule has 7 nitrogen and oxygen atoms in total. The fraction of sp³-hybridized carbons (Fsp3) is 0.190. The average Bonchev–Trinajstić information content (AvgIpc) is 3.47. The SMILES string of the molecule is O=C(c1ncoc1-c1ccccc1)N1CC[C@@H](Nc2nc3ccc(Cl)cc3o2)C1. The van der Waals surface area contributed by atoms with Crippen LogP contribution >= 0.6 is 11.6 Å². The zero-order valence-electron chi connectivity index (χ0n) is 15.3. The minimum Gasteiger partial charge on any atom is -0.443 e. The number of nitrogens with one attached hydrogen (secondary N) is 1. The molecule has 0 saturated carbocycles. The van der Waals surface area contributed by atoms with E-state index < -0.39 is 0 Å². The lowest BCUT2D eigenvalue weighted by Gasteiger charge is -2.16. The third-order valence-corrected chi connectivity index (χ3v) is 5.19. The van der Waals surface area contributed by atoms with E-state index in [-0.39, 0.29) is 11.9 Å². The molecule has 2 aromatic carbocycles. The van der Waals surface area contributed by atoms with Crippen LogP contribution in [0.4, 0.5) is 6.01 Å². The summed E-state index contributed by atoms with van der Waals surface area (Å²) < 4.78 is 11.2. The number of benzene rings is 2. The number of amides is 1. The first-order chi connectivity index (χ1) is 14.2. The molecule has 3 heterocycles. The van der Waals surface area contributed by atoms with Gasteiger partial charge in [0.15, 0.2) is 23.4 Å². The molecule has 5 rings (SSSR count). The smallest absolute Gasteiger partial charge is 0.295 e. The van der Waals surface area contributed by atoms with Crippen molar-refractivity contribution in [2.24, 2.45) is 0 Å². The standard InChI is InChI=1S/C21H17ClN4O3/c22-14-6-7-16-17(10-14)29-21(25-16)24-15-8-9-26(11-15)20(27)18-19(28-12-23-18)13-4-2-1-3-5-13/h1-7,10,12,15H,8-9,11H2,(H,24,25)/t15-/m1/s1. The summed E-state index contributed by atoms with van der Waals surface area (Å²) in [5.74, 6) is 0.342. The maximum Gasteiger partial charge on any atom is 0.295 e. The van der Waals surface area contributed by atoms with E-state index >= 15 is 0 Å². The molecule has 2 aromatic heterocycles. The van der Waals surface area contributed by atoms with Crippen molar-refractivity contribution in [2.45, 2.75) is 12.5 Å². The lowest BCUT2D eigenvalue weighted by atomic mass is 10.1. The molecule has 4 aromatic rings. The first-order valence-electron chi connectivity index (χ1n) is 9.28. The second-order valence-electron chi connectivity index (χ2n) is 6.91. The van der Waals surface area contributed by atoms with Gasteiger partial charge in [-0.2, -0.15) is 4.98 Å². The molecule has 1 aliphatic heterocycles. The van der Waals surface area contributed by atoms with Crippen LogP contribution in [0.1, 0.15) is 16.9 Å². The van der Waals surface area contributed by atoms with Crippen LogP contribution in [-0.4, -0.2) is 39.9 Å². The monoisotopic (exact) mass is 408 g/mol. The number of hydrogen-bond donors (Lipinski definition) is 1. The van der Waals surface area contributed by atoms with Gasteiger partial charge in [0.25, 0.3) is 11.9 Å². The van der Waals surface area contributed by atoms with Gasteiger partial charge >= 0.3 is 0 Å². The fourth-order valence-electron chi connectivity index (χ4n) is 3.54. The highest BCUT2D eigenvalue weighted by Crippen LogP contribution is 2.27. The molecule has 0 aliphatic carbocycles. The molecule has 1 atom stereocenters. The molecule has 8 heteroatoms. The molecule has 146 valence electrons. The van der Waals surface area contributed by atoms with Crippen molar-refractivity contribution in [3.8, 4) is 11.3 Å². The summed E-state index contributed by atoms with van der Waals surface area (Å²) in [6.07, 6.45) is 2.09. The number of hydrogen-bond acceptors (Lipinski definition) is 6. The fourth-order valence-corrected chi connectivity index (χ4v) is 3.70. The van der Waals surface area contributed by atoms with Gasteiger partial charge in [-0.05, 0) is 18.6 Å². The van der Waals surface area contributed by atoms with Gasteiger partial charge in [0, 0.05) is 35.8 Å². The number of anilines is 1. The van der Waals surface area contributed by atoms with Crippen molar-refractivity contribution >= 4 is 34.6 Å². The van der Waals surface area contributed by atoms with E-state index in [2.05, 4.69) is 15.3 Å². The van der Waals surface area contributed by atoms with E-state index in [1.54, 1.807) is 17.0 Å². The van der Waals surface area contributed by atoms with E-state index in [0.29, 0.717) is 41.2 Å². The Labute approximate surface area is 171 Å². The number of rotatable bonds is 4. The van der Waals surface area contributed by atoms with Crippen LogP contribution in [-0.2, 0) is 0 Å². The van der Waals surface area contributed by atoms with Crippen molar-refractivity contribution in [2.75, 3.05) is 18.4 Å². The second kappa shape index (κ2) is 7.25. The maximum atomic E-state index is 13.0. The van der Waals surface area contributed by atoms with Gasteiger partial charge in [-0.15, -0.1) is 0 Å². The molecule has 1 fully saturated rings. The van der Waals surface area contributed by atoms with E-state index in [1.165, 1.54) is 6.39 Å². The lowest BCUT2D eigenvalue weighted by Crippen LogP contribution is -2.32. The third-order valence-electron chi connectivity index (χ3n) is 4.96. The number of oxazole rings is 2. The summed E-state index contributed by atoms with van der Waals surface area (Å²) in [6, 6.07) is 15.3. The van der Waals surface area contributed by atoms with E-state index in [0.717, 1.165) is 17.5 Å². The molecule has 0 spiro atoms. The molecule has 1 amide bonds. The number of fused-ring (bicyclic) bond motifs is 1. The zero-order valence-corrected chi connectivity index (χ0v) is 16.1. The highest BCUT2D eigenvalue weighted by Gasteiger charge is 2.31. The Morgan fingerprint density at radius 2 is 2.07 bits per heavy atom. The van der Waals surface area contributed by atoms with Crippen LogP contribution in [0, 0.1) is 0 Å². The molecule has 0 unspecified atom stereocenters. The predicted octanol–water partition coefficient (Wildman–Crippen LogP) is 4.46. The Morgan fingerprint density at radius 3 is 2.93 bits per heavy atom. The van der Waals surface area contributed by atoms with Crippen molar-refractivity contribution in [3.63, 3.8) is 0 Å². The van der Waals surface area contributed by atoms with Crippen LogP contribution in [0.15, 0.2) is 63.8 Å². The second-order valence-corrected chi connectivity index (χ2v) is 7.34. The highest BCUT2D eigenvalue weighted by molar-refractivity contribution is 6.31. The molecule has 29 heavy (non-hydrogen) atoms. The van der Waals surface area contributed by atoms with Crippen molar-refractivity contribution < 1.29 is 13.6 Å².